The van der Waals surface area contributed by atoms with Crippen LogP contribution in [0.1, 0.15) is 119 Å². The fourth-order valence-electron chi connectivity index (χ4n) is 9.69. The van der Waals surface area contributed by atoms with Crippen molar-refractivity contribution in [2.45, 2.75) is 137 Å². The molecule has 4 atom stereocenters. The maximum absolute atomic E-state index is 14.1. The van der Waals surface area contributed by atoms with Gasteiger partial charge in [0.15, 0.2) is 0 Å². The Kier molecular flexibility index (Phi) is 16.8. The Hall–Kier alpha value is -5.83. The van der Waals surface area contributed by atoms with Gasteiger partial charge in [0.1, 0.15) is 17.9 Å². The van der Waals surface area contributed by atoms with Gasteiger partial charge in [-0.2, -0.15) is 0 Å². The number of thiazole rings is 1. The van der Waals surface area contributed by atoms with Crippen LogP contribution in [0.15, 0.2) is 78.7 Å². The van der Waals surface area contributed by atoms with Crippen molar-refractivity contribution in [1.82, 2.24) is 40.4 Å². The maximum Gasteiger partial charge on any atom is 0.246 e. The molecule has 14 heteroatoms. The number of hydrogen-bond acceptors (Lipinski definition) is 9. The SMILES string of the molecule is Cc1cc(CNCCCCCCCCCC(=O)N[C@H](C(=O)N2C[C@H](O)C[C@H]2C(=O)N[C@@H](C)c2ccc(-c3scnc3C)cc2)C(C)(C)C)cc(C)c1-c1ncn(C)c1-c1ccnc2cc(F)ccc12. The Morgan fingerprint density at radius 1 is 0.884 bits per heavy atom. The molecule has 0 aliphatic carbocycles. The summed E-state index contributed by atoms with van der Waals surface area (Å²) in [6, 6.07) is 17.2. The second-order valence-electron chi connectivity index (χ2n) is 20.0. The highest BCUT2D eigenvalue weighted by atomic mass is 32.1. The topological polar surface area (TPSA) is 154 Å². The maximum atomic E-state index is 14.1. The summed E-state index contributed by atoms with van der Waals surface area (Å²) in [6.45, 7) is 15.6. The van der Waals surface area contributed by atoms with Crippen LogP contribution in [-0.2, 0) is 28.0 Å². The fourth-order valence-corrected chi connectivity index (χ4v) is 10.5. The molecule has 6 aromatic rings. The van der Waals surface area contributed by atoms with E-state index in [0.29, 0.717) is 11.9 Å². The zero-order valence-corrected chi connectivity index (χ0v) is 42.3. The van der Waals surface area contributed by atoms with Crippen LogP contribution in [0.4, 0.5) is 4.39 Å². The van der Waals surface area contributed by atoms with Gasteiger partial charge >= 0.3 is 0 Å². The summed E-state index contributed by atoms with van der Waals surface area (Å²) >= 11 is 1.59. The lowest BCUT2D eigenvalue weighted by Crippen LogP contribution is -2.57. The smallest absolute Gasteiger partial charge is 0.246 e. The average Bonchev–Trinajstić information content (AvgIpc) is 4.03. The number of β-amino-alcohol motifs (C(OH)–C–C–N with tert-alkyl or cyclic N) is 1. The first-order chi connectivity index (χ1) is 33.0. The van der Waals surface area contributed by atoms with E-state index in [1.807, 2.05) is 88.4 Å². The molecule has 0 radical (unpaired) electrons. The number of nitrogens with zero attached hydrogens (tertiary/aromatic N) is 5. The molecule has 0 unspecified atom stereocenters. The number of nitrogens with one attached hydrogen (secondary N) is 3. The van der Waals surface area contributed by atoms with E-state index in [0.717, 1.165) is 119 Å². The third-order valence-corrected chi connectivity index (χ3v) is 14.4. The number of amides is 3. The van der Waals surface area contributed by atoms with Gasteiger partial charge in [0.25, 0.3) is 0 Å². The average molecular weight is 957 g/mol. The molecular weight excluding hydrogens is 888 g/mol. The quantitative estimate of drug-likeness (QED) is 0.0552. The zero-order chi connectivity index (χ0) is 49.4. The van der Waals surface area contributed by atoms with E-state index >= 15 is 0 Å². The third-order valence-electron chi connectivity index (χ3n) is 13.4. The number of pyridine rings is 1. The number of carbonyl (C=O) groups excluding carboxylic acids is 3. The molecule has 12 nitrogen and oxygen atoms in total. The van der Waals surface area contributed by atoms with Gasteiger partial charge in [-0.1, -0.05) is 89.3 Å². The van der Waals surface area contributed by atoms with E-state index < -0.39 is 23.6 Å². The Balaban J connectivity index is 0.804. The monoisotopic (exact) mass is 957 g/mol. The first-order valence-corrected chi connectivity index (χ1v) is 25.3. The normalized spacial score (nSPS) is 15.9. The van der Waals surface area contributed by atoms with Crippen molar-refractivity contribution in [3.63, 3.8) is 0 Å². The van der Waals surface area contributed by atoms with Crippen molar-refractivity contribution >= 4 is 40.0 Å². The van der Waals surface area contributed by atoms with Crippen LogP contribution < -0.4 is 16.0 Å². The molecule has 1 aliphatic rings. The molecule has 0 spiro atoms. The van der Waals surface area contributed by atoms with E-state index in [-0.39, 0.29) is 42.5 Å². The van der Waals surface area contributed by atoms with Crippen molar-refractivity contribution in [1.29, 1.82) is 0 Å². The second-order valence-corrected chi connectivity index (χ2v) is 20.8. The van der Waals surface area contributed by atoms with E-state index in [1.54, 1.807) is 23.6 Å². The molecule has 4 heterocycles. The van der Waals surface area contributed by atoms with E-state index in [4.69, 9.17) is 4.98 Å². The minimum Gasteiger partial charge on any atom is -0.391 e. The molecule has 0 bridgehead atoms. The van der Waals surface area contributed by atoms with Gasteiger partial charge in [0.2, 0.25) is 17.7 Å². The molecule has 1 aliphatic heterocycles. The summed E-state index contributed by atoms with van der Waals surface area (Å²) in [5.41, 5.74) is 12.3. The lowest BCUT2D eigenvalue weighted by molar-refractivity contribution is -0.144. The minimum absolute atomic E-state index is 0.0350. The number of halogens is 1. The fraction of sp³-hybridized carbons (Fsp3) is 0.455. The van der Waals surface area contributed by atoms with Gasteiger partial charge in [-0.15, -0.1) is 11.3 Å². The van der Waals surface area contributed by atoms with Crippen molar-refractivity contribution in [2.75, 3.05) is 13.1 Å². The minimum atomic E-state index is -0.846. The number of aliphatic hydroxyl groups excluding tert-OH is 1. The number of imidazole rings is 1. The number of carbonyl (C=O) groups is 3. The number of fused-ring (bicyclic) bond motifs is 1. The summed E-state index contributed by atoms with van der Waals surface area (Å²) in [6.07, 6.45) is 10.3. The third kappa shape index (κ3) is 12.5. The van der Waals surface area contributed by atoms with Gasteiger partial charge in [0.05, 0.1) is 51.5 Å². The predicted octanol–water partition coefficient (Wildman–Crippen LogP) is 10.1. The number of hydrogen-bond donors (Lipinski definition) is 4. The van der Waals surface area contributed by atoms with Gasteiger partial charge in [0, 0.05) is 61.8 Å². The first kappa shape index (κ1) is 51.0. The number of aryl methyl sites for hydroxylation is 4. The number of benzene rings is 3. The summed E-state index contributed by atoms with van der Waals surface area (Å²) in [4.78, 5) is 57.2. The second kappa shape index (κ2) is 22.7. The Labute approximate surface area is 410 Å². The van der Waals surface area contributed by atoms with Gasteiger partial charge in [-0.25, -0.2) is 14.4 Å². The zero-order valence-electron chi connectivity index (χ0n) is 41.5. The van der Waals surface area contributed by atoms with Crippen molar-refractivity contribution in [3.8, 4) is 33.0 Å². The Morgan fingerprint density at radius 3 is 2.26 bits per heavy atom. The Bertz CT molecular complexity index is 2720. The largest absolute Gasteiger partial charge is 0.391 e. The highest BCUT2D eigenvalue weighted by Crippen LogP contribution is 2.38. The molecule has 3 amide bonds. The molecule has 3 aromatic carbocycles. The molecule has 1 saturated heterocycles. The molecule has 69 heavy (non-hydrogen) atoms. The van der Waals surface area contributed by atoms with Crippen LogP contribution in [0.25, 0.3) is 43.9 Å². The van der Waals surface area contributed by atoms with Crippen molar-refractivity contribution < 1.29 is 23.9 Å². The summed E-state index contributed by atoms with van der Waals surface area (Å²) in [5, 5.41) is 21.2. The van der Waals surface area contributed by atoms with Crippen LogP contribution in [0.5, 0.6) is 0 Å². The molecule has 3 aromatic heterocycles. The number of likely N-dealkylation sites (tertiary alicyclic amines) is 1. The van der Waals surface area contributed by atoms with Gasteiger partial charge in [-0.05, 0) is 98.5 Å². The van der Waals surface area contributed by atoms with E-state index in [9.17, 15) is 23.9 Å². The van der Waals surface area contributed by atoms with Crippen molar-refractivity contribution in [2.24, 2.45) is 12.5 Å². The van der Waals surface area contributed by atoms with Crippen LogP contribution >= 0.6 is 11.3 Å². The van der Waals surface area contributed by atoms with Crippen LogP contribution in [0, 0.1) is 32.0 Å². The van der Waals surface area contributed by atoms with E-state index in [2.05, 4.69) is 51.9 Å². The highest BCUT2D eigenvalue weighted by molar-refractivity contribution is 7.13. The number of aliphatic hydroxyl groups is 1. The van der Waals surface area contributed by atoms with E-state index in [1.165, 1.54) is 22.6 Å². The lowest BCUT2D eigenvalue weighted by atomic mass is 9.85. The number of unbranched alkanes of at least 4 members (excludes halogenated alkanes) is 6. The number of rotatable bonds is 20. The predicted molar refractivity (Wildman–Crippen MR) is 274 cm³/mol. The molecular formula is C55H69FN8O4S. The molecule has 366 valence electrons. The summed E-state index contributed by atoms with van der Waals surface area (Å²) < 4.78 is 16.0. The molecule has 4 N–H and O–H groups in total. The molecule has 1 fully saturated rings. The van der Waals surface area contributed by atoms with Crippen LogP contribution in [-0.4, -0.2) is 78.5 Å². The van der Waals surface area contributed by atoms with Crippen LogP contribution in [0.3, 0.4) is 0 Å². The van der Waals surface area contributed by atoms with Crippen LogP contribution in [0.2, 0.25) is 0 Å². The molecule has 0 saturated carbocycles. The standard InChI is InChI=1S/C55H69FN8O4S/c1-34-26-38(27-35(2)48(34)49-50(63(8)32-59-49)44-23-25-58-45-28-41(56)21-22-43(44)45)30-57-24-15-13-11-9-10-12-14-16-47(66)62-52(55(5,6)7)54(68)64-31-42(65)29-46(64)53(67)61-36(3)39-17-19-40(20-18-39)51-37(4)60-33-69-51/h17-23,25-28,32-33,36,42,46,52,57,65H,9-16,24,29-31H2,1-8H3,(H,61,67)(H,62,66)/t36-,42+,46-,52+/m0/s1. The van der Waals surface area contributed by atoms with Crippen molar-refractivity contribution in [3.05, 3.63) is 112 Å². The highest BCUT2D eigenvalue weighted by Gasteiger charge is 2.44. The summed E-state index contributed by atoms with van der Waals surface area (Å²) in [7, 11) is 1.99. The number of aromatic nitrogens is 4. The van der Waals surface area contributed by atoms with Gasteiger partial charge < -0.3 is 30.5 Å². The molecule has 7 rings (SSSR count). The van der Waals surface area contributed by atoms with Gasteiger partial charge in [-0.3, -0.25) is 19.4 Å². The first-order valence-electron chi connectivity index (χ1n) is 24.5. The lowest BCUT2D eigenvalue weighted by Gasteiger charge is -2.35. The Morgan fingerprint density at radius 2 is 1.58 bits per heavy atom. The summed E-state index contributed by atoms with van der Waals surface area (Å²) in [5.74, 6) is -1.17.